The van der Waals surface area contributed by atoms with E-state index in [4.69, 9.17) is 4.74 Å². The van der Waals surface area contributed by atoms with Crippen LogP contribution >= 0.6 is 0 Å². The summed E-state index contributed by atoms with van der Waals surface area (Å²) in [6.45, 7) is 9.62. The van der Waals surface area contributed by atoms with E-state index in [0.29, 0.717) is 11.9 Å². The van der Waals surface area contributed by atoms with Crippen molar-refractivity contribution in [2.24, 2.45) is 0 Å². The van der Waals surface area contributed by atoms with Gasteiger partial charge >= 0.3 is 0 Å². The van der Waals surface area contributed by atoms with E-state index < -0.39 is 0 Å². The third kappa shape index (κ3) is 3.65. The molecule has 0 saturated carbocycles. The Kier molecular flexibility index (Phi) is 4.49. The fraction of sp³-hybridized carbons (Fsp3) is 0.692. The Bertz CT molecular complexity index is 389. The number of ether oxygens (including phenoxy) is 1. The van der Waals surface area contributed by atoms with Gasteiger partial charge < -0.3 is 15.4 Å². The van der Waals surface area contributed by atoms with Gasteiger partial charge in [-0.1, -0.05) is 13.8 Å². The quantitative estimate of drug-likeness (QED) is 0.843. The van der Waals surface area contributed by atoms with Gasteiger partial charge in [0.05, 0.1) is 12.7 Å². The number of morpholine rings is 1. The van der Waals surface area contributed by atoms with E-state index >= 15 is 0 Å². The second-order valence-corrected chi connectivity index (χ2v) is 4.99. The fourth-order valence-electron chi connectivity index (χ4n) is 1.92. The summed E-state index contributed by atoms with van der Waals surface area (Å²) in [6, 6.07) is 2.04. The second-order valence-electron chi connectivity index (χ2n) is 4.99. The minimum absolute atomic E-state index is 0.199. The van der Waals surface area contributed by atoms with Crippen molar-refractivity contribution in [2.75, 3.05) is 31.6 Å². The van der Waals surface area contributed by atoms with Gasteiger partial charge in [0.15, 0.2) is 0 Å². The molecule has 5 nitrogen and oxygen atoms in total. The molecule has 1 fully saturated rings. The van der Waals surface area contributed by atoms with Crippen molar-refractivity contribution in [2.45, 2.75) is 32.8 Å². The summed E-state index contributed by atoms with van der Waals surface area (Å²) in [5.74, 6) is 1.12. The lowest BCUT2D eigenvalue weighted by atomic mass is 10.1. The van der Waals surface area contributed by atoms with Gasteiger partial charge in [0.2, 0.25) is 5.95 Å². The summed E-state index contributed by atoms with van der Waals surface area (Å²) < 4.78 is 5.63. The average Bonchev–Trinajstić information content (AvgIpc) is 2.37. The molecule has 1 unspecified atom stereocenters. The molecule has 1 aliphatic rings. The van der Waals surface area contributed by atoms with Crippen LogP contribution in [0.1, 0.15) is 31.2 Å². The SMILES string of the molecule is Cc1cc(C(C)C)nc(NCC2CNCCO2)n1. The number of aryl methyl sites for hydroxylation is 1. The van der Waals surface area contributed by atoms with Gasteiger partial charge in [-0.3, -0.25) is 0 Å². The van der Waals surface area contributed by atoms with Gasteiger partial charge in [0, 0.05) is 31.0 Å². The Balaban J connectivity index is 1.95. The van der Waals surface area contributed by atoms with Gasteiger partial charge in [-0.25, -0.2) is 9.97 Å². The van der Waals surface area contributed by atoms with Crippen molar-refractivity contribution < 1.29 is 4.74 Å². The molecule has 0 radical (unpaired) electrons. The zero-order chi connectivity index (χ0) is 13.0. The molecule has 1 atom stereocenters. The molecule has 0 spiro atoms. The maximum absolute atomic E-state index is 5.63. The molecule has 0 aliphatic carbocycles. The Labute approximate surface area is 108 Å². The number of hydrogen-bond acceptors (Lipinski definition) is 5. The molecule has 1 saturated heterocycles. The van der Waals surface area contributed by atoms with Gasteiger partial charge in [-0.05, 0) is 18.9 Å². The van der Waals surface area contributed by atoms with E-state index in [-0.39, 0.29) is 6.10 Å². The van der Waals surface area contributed by atoms with Crippen LogP contribution in [-0.2, 0) is 4.74 Å². The molecule has 0 bridgehead atoms. The van der Waals surface area contributed by atoms with E-state index in [1.807, 2.05) is 13.0 Å². The Morgan fingerprint density at radius 1 is 1.50 bits per heavy atom. The van der Waals surface area contributed by atoms with Crippen molar-refractivity contribution in [3.63, 3.8) is 0 Å². The maximum Gasteiger partial charge on any atom is 0.223 e. The lowest BCUT2D eigenvalue weighted by molar-refractivity contribution is 0.0371. The number of nitrogens with zero attached hydrogens (tertiary/aromatic N) is 2. The predicted octanol–water partition coefficient (Wildman–Crippen LogP) is 1.31. The summed E-state index contributed by atoms with van der Waals surface area (Å²) in [4.78, 5) is 8.92. The first kappa shape index (κ1) is 13.2. The minimum Gasteiger partial charge on any atom is -0.374 e. The first-order chi connectivity index (χ1) is 8.65. The maximum atomic E-state index is 5.63. The number of hydrogen-bond donors (Lipinski definition) is 2. The summed E-state index contributed by atoms with van der Waals surface area (Å²) in [5.41, 5.74) is 2.08. The molecular weight excluding hydrogens is 228 g/mol. The normalized spacial score (nSPS) is 20.1. The topological polar surface area (TPSA) is 59.1 Å². The van der Waals surface area contributed by atoms with E-state index in [1.165, 1.54) is 0 Å². The van der Waals surface area contributed by atoms with Gasteiger partial charge in [-0.2, -0.15) is 0 Å². The highest BCUT2D eigenvalue weighted by atomic mass is 16.5. The molecule has 1 aromatic heterocycles. The molecule has 0 aromatic carbocycles. The van der Waals surface area contributed by atoms with E-state index in [1.54, 1.807) is 0 Å². The van der Waals surface area contributed by atoms with Crippen molar-refractivity contribution in [1.29, 1.82) is 0 Å². The molecule has 1 aromatic rings. The highest BCUT2D eigenvalue weighted by Crippen LogP contribution is 2.14. The number of nitrogens with one attached hydrogen (secondary N) is 2. The van der Waals surface area contributed by atoms with Crippen LogP contribution in [0.15, 0.2) is 6.07 Å². The van der Waals surface area contributed by atoms with Crippen molar-refractivity contribution in [3.8, 4) is 0 Å². The third-order valence-corrected chi connectivity index (χ3v) is 2.96. The van der Waals surface area contributed by atoms with Crippen molar-refractivity contribution >= 4 is 5.95 Å². The molecule has 100 valence electrons. The average molecular weight is 250 g/mol. The van der Waals surface area contributed by atoms with Gasteiger partial charge in [0.25, 0.3) is 0 Å². The van der Waals surface area contributed by atoms with Gasteiger partial charge in [0.1, 0.15) is 0 Å². The summed E-state index contributed by atoms with van der Waals surface area (Å²) in [6.07, 6.45) is 0.199. The molecule has 0 amide bonds. The molecular formula is C13H22N4O. The standard InChI is InChI=1S/C13H22N4O/c1-9(2)12-6-10(3)16-13(17-12)15-8-11-7-14-4-5-18-11/h6,9,11,14H,4-5,7-8H2,1-3H3,(H,15,16,17). The molecule has 2 heterocycles. The largest absolute Gasteiger partial charge is 0.374 e. The van der Waals surface area contributed by atoms with Crippen LogP contribution in [0.25, 0.3) is 0 Å². The zero-order valence-electron chi connectivity index (χ0n) is 11.4. The van der Waals surface area contributed by atoms with E-state index in [2.05, 4.69) is 34.4 Å². The molecule has 2 rings (SSSR count). The van der Waals surface area contributed by atoms with Crippen LogP contribution in [0.2, 0.25) is 0 Å². The number of aromatic nitrogens is 2. The van der Waals surface area contributed by atoms with Crippen LogP contribution in [0.5, 0.6) is 0 Å². The molecule has 1 aliphatic heterocycles. The van der Waals surface area contributed by atoms with Crippen molar-refractivity contribution in [3.05, 3.63) is 17.5 Å². The fourth-order valence-corrected chi connectivity index (χ4v) is 1.92. The molecule has 18 heavy (non-hydrogen) atoms. The lowest BCUT2D eigenvalue weighted by Gasteiger charge is -2.23. The van der Waals surface area contributed by atoms with E-state index in [0.717, 1.165) is 37.6 Å². The second kappa shape index (κ2) is 6.11. The van der Waals surface area contributed by atoms with Crippen LogP contribution in [0.3, 0.4) is 0 Å². The summed E-state index contributed by atoms with van der Waals surface area (Å²) in [7, 11) is 0. The lowest BCUT2D eigenvalue weighted by Crippen LogP contribution is -2.42. The van der Waals surface area contributed by atoms with E-state index in [9.17, 15) is 0 Å². The van der Waals surface area contributed by atoms with Crippen LogP contribution in [0.4, 0.5) is 5.95 Å². The highest BCUT2D eigenvalue weighted by molar-refractivity contribution is 5.29. The first-order valence-electron chi connectivity index (χ1n) is 6.57. The van der Waals surface area contributed by atoms with Crippen molar-refractivity contribution in [1.82, 2.24) is 15.3 Å². The highest BCUT2D eigenvalue weighted by Gasteiger charge is 2.13. The molecule has 2 N–H and O–H groups in total. The Hall–Kier alpha value is -1.20. The number of rotatable bonds is 4. The van der Waals surface area contributed by atoms with Gasteiger partial charge in [-0.15, -0.1) is 0 Å². The predicted molar refractivity (Wildman–Crippen MR) is 72.0 cm³/mol. The van der Waals surface area contributed by atoms with Crippen LogP contribution in [-0.4, -0.2) is 42.3 Å². The Morgan fingerprint density at radius 2 is 2.33 bits per heavy atom. The Morgan fingerprint density at radius 3 is 3.00 bits per heavy atom. The summed E-state index contributed by atoms with van der Waals surface area (Å²) in [5, 5.41) is 6.57. The summed E-state index contributed by atoms with van der Waals surface area (Å²) >= 11 is 0. The van der Waals surface area contributed by atoms with Crippen LogP contribution < -0.4 is 10.6 Å². The first-order valence-corrected chi connectivity index (χ1v) is 6.57. The molecule has 5 heteroatoms. The number of anilines is 1. The monoisotopic (exact) mass is 250 g/mol. The smallest absolute Gasteiger partial charge is 0.223 e. The zero-order valence-corrected chi connectivity index (χ0v) is 11.4. The minimum atomic E-state index is 0.199. The van der Waals surface area contributed by atoms with Crippen LogP contribution in [0, 0.1) is 6.92 Å². The third-order valence-electron chi connectivity index (χ3n) is 2.96.